The standard InChI is InChI=1S/C20H32N4O3/c1-16-13-24(14-17(2)27-16)19-5-3-18(4-6-19)21-20(26)15-23-9-7-22(8-10-23)11-12-25/h3-6,16-17,25H,7-15H2,1-2H3,(H,21,26). The number of morpholine rings is 1. The van der Waals surface area contributed by atoms with Crippen molar-refractivity contribution in [1.29, 1.82) is 0 Å². The van der Waals surface area contributed by atoms with E-state index in [-0.39, 0.29) is 24.7 Å². The highest BCUT2D eigenvalue weighted by Crippen LogP contribution is 2.22. The van der Waals surface area contributed by atoms with Gasteiger partial charge in [0.15, 0.2) is 0 Å². The number of rotatable bonds is 6. The molecular weight excluding hydrogens is 344 g/mol. The maximum Gasteiger partial charge on any atom is 0.238 e. The van der Waals surface area contributed by atoms with Gasteiger partial charge in [-0.05, 0) is 38.1 Å². The minimum Gasteiger partial charge on any atom is -0.395 e. The Labute approximate surface area is 161 Å². The Hall–Kier alpha value is -1.67. The van der Waals surface area contributed by atoms with Crippen LogP contribution in [0.25, 0.3) is 0 Å². The van der Waals surface area contributed by atoms with E-state index >= 15 is 0 Å². The summed E-state index contributed by atoms with van der Waals surface area (Å²) >= 11 is 0. The van der Waals surface area contributed by atoms with E-state index < -0.39 is 0 Å². The van der Waals surface area contributed by atoms with Crippen LogP contribution in [0.15, 0.2) is 24.3 Å². The molecule has 0 spiro atoms. The number of nitrogens with one attached hydrogen (secondary N) is 1. The smallest absolute Gasteiger partial charge is 0.238 e. The van der Waals surface area contributed by atoms with E-state index in [1.807, 2.05) is 12.1 Å². The number of aliphatic hydroxyl groups is 1. The lowest BCUT2D eigenvalue weighted by Crippen LogP contribution is -2.49. The van der Waals surface area contributed by atoms with Gasteiger partial charge in [0.1, 0.15) is 0 Å². The summed E-state index contributed by atoms with van der Waals surface area (Å²) in [7, 11) is 0. The van der Waals surface area contributed by atoms with Crippen molar-refractivity contribution in [3.63, 3.8) is 0 Å². The van der Waals surface area contributed by atoms with Crippen molar-refractivity contribution in [2.24, 2.45) is 0 Å². The van der Waals surface area contributed by atoms with Crippen LogP contribution in [0.4, 0.5) is 11.4 Å². The number of hydrogen-bond acceptors (Lipinski definition) is 6. The average molecular weight is 377 g/mol. The van der Waals surface area contributed by atoms with Gasteiger partial charge in [-0.1, -0.05) is 0 Å². The van der Waals surface area contributed by atoms with E-state index in [1.165, 1.54) is 0 Å². The van der Waals surface area contributed by atoms with Gasteiger partial charge in [0.05, 0.1) is 25.4 Å². The molecule has 0 bridgehead atoms. The monoisotopic (exact) mass is 376 g/mol. The Morgan fingerprint density at radius 1 is 1.07 bits per heavy atom. The van der Waals surface area contributed by atoms with Gasteiger partial charge in [-0.3, -0.25) is 14.6 Å². The largest absolute Gasteiger partial charge is 0.395 e. The molecule has 7 heteroatoms. The van der Waals surface area contributed by atoms with Crippen LogP contribution in [0.3, 0.4) is 0 Å². The Kier molecular flexibility index (Phi) is 7.07. The van der Waals surface area contributed by atoms with Crippen molar-refractivity contribution in [2.45, 2.75) is 26.1 Å². The lowest BCUT2D eigenvalue weighted by Gasteiger charge is -2.37. The van der Waals surface area contributed by atoms with Crippen molar-refractivity contribution in [1.82, 2.24) is 9.80 Å². The summed E-state index contributed by atoms with van der Waals surface area (Å²) in [6, 6.07) is 8.07. The van der Waals surface area contributed by atoms with Gasteiger partial charge in [0.2, 0.25) is 5.91 Å². The molecule has 2 unspecified atom stereocenters. The molecule has 1 aromatic carbocycles. The number of piperazine rings is 1. The molecule has 0 radical (unpaired) electrons. The van der Waals surface area contributed by atoms with Crippen LogP contribution in [-0.2, 0) is 9.53 Å². The van der Waals surface area contributed by atoms with Gasteiger partial charge >= 0.3 is 0 Å². The first-order valence-electron chi connectivity index (χ1n) is 9.89. The molecule has 2 fully saturated rings. The third-order valence-corrected chi connectivity index (χ3v) is 5.18. The molecule has 2 atom stereocenters. The van der Waals surface area contributed by atoms with Crippen LogP contribution in [0.1, 0.15) is 13.8 Å². The predicted octanol–water partition coefficient (Wildman–Crippen LogP) is 0.849. The SMILES string of the molecule is CC1CN(c2ccc(NC(=O)CN3CCN(CCO)CC3)cc2)CC(C)O1. The first-order chi connectivity index (χ1) is 13.0. The second-order valence-corrected chi connectivity index (χ2v) is 7.60. The fourth-order valence-electron chi connectivity index (χ4n) is 3.86. The quantitative estimate of drug-likeness (QED) is 0.767. The van der Waals surface area contributed by atoms with Crippen LogP contribution in [0, 0.1) is 0 Å². The summed E-state index contributed by atoms with van der Waals surface area (Å²) in [6.07, 6.45) is 0.456. The summed E-state index contributed by atoms with van der Waals surface area (Å²) in [5, 5.41) is 12.0. The third kappa shape index (κ3) is 5.90. The van der Waals surface area contributed by atoms with Gasteiger partial charge in [-0.15, -0.1) is 0 Å². The third-order valence-electron chi connectivity index (χ3n) is 5.18. The maximum absolute atomic E-state index is 12.3. The Bertz CT molecular complexity index is 592. The number of amides is 1. The molecule has 27 heavy (non-hydrogen) atoms. The zero-order valence-electron chi connectivity index (χ0n) is 16.4. The zero-order chi connectivity index (χ0) is 19.2. The molecule has 1 aromatic rings. The number of carbonyl (C=O) groups excluding carboxylic acids is 1. The van der Waals surface area contributed by atoms with E-state index in [0.29, 0.717) is 13.1 Å². The minimum absolute atomic E-state index is 0.0203. The highest BCUT2D eigenvalue weighted by molar-refractivity contribution is 5.92. The van der Waals surface area contributed by atoms with Gasteiger partial charge in [0.25, 0.3) is 0 Å². The lowest BCUT2D eigenvalue weighted by atomic mass is 10.2. The van der Waals surface area contributed by atoms with Crippen LogP contribution in [-0.4, -0.2) is 92.0 Å². The molecular formula is C20H32N4O3. The second-order valence-electron chi connectivity index (χ2n) is 7.60. The van der Waals surface area contributed by atoms with E-state index in [4.69, 9.17) is 9.84 Å². The Morgan fingerprint density at radius 3 is 2.26 bits per heavy atom. The fraction of sp³-hybridized carbons (Fsp3) is 0.650. The number of nitrogens with zero attached hydrogens (tertiary/aromatic N) is 3. The number of hydrogen-bond donors (Lipinski definition) is 2. The highest BCUT2D eigenvalue weighted by Gasteiger charge is 2.22. The van der Waals surface area contributed by atoms with Crippen molar-refractivity contribution >= 4 is 17.3 Å². The Balaban J connectivity index is 1.46. The van der Waals surface area contributed by atoms with Crippen molar-refractivity contribution in [3.05, 3.63) is 24.3 Å². The first-order valence-corrected chi connectivity index (χ1v) is 9.89. The number of anilines is 2. The summed E-state index contributed by atoms with van der Waals surface area (Å²) in [6.45, 7) is 10.8. The van der Waals surface area contributed by atoms with Crippen molar-refractivity contribution < 1.29 is 14.6 Å². The molecule has 2 heterocycles. The average Bonchev–Trinajstić information content (AvgIpc) is 2.63. The van der Waals surface area contributed by atoms with E-state index in [1.54, 1.807) is 0 Å². The number of β-amino-alcohol motifs (C(OH)–C–C–N with tert-alkyl or cyclic N) is 1. The summed E-state index contributed by atoms with van der Waals surface area (Å²) < 4.78 is 5.79. The van der Waals surface area contributed by atoms with Gasteiger partial charge in [0, 0.05) is 57.2 Å². The molecule has 150 valence electrons. The van der Waals surface area contributed by atoms with Gasteiger partial charge in [-0.25, -0.2) is 0 Å². The van der Waals surface area contributed by atoms with Crippen LogP contribution < -0.4 is 10.2 Å². The van der Waals surface area contributed by atoms with Crippen LogP contribution >= 0.6 is 0 Å². The highest BCUT2D eigenvalue weighted by atomic mass is 16.5. The molecule has 0 aliphatic carbocycles. The molecule has 2 N–H and O–H groups in total. The fourth-order valence-corrected chi connectivity index (χ4v) is 3.86. The molecule has 3 rings (SSSR count). The summed E-state index contributed by atoms with van der Waals surface area (Å²) in [5.41, 5.74) is 1.99. The molecule has 7 nitrogen and oxygen atoms in total. The van der Waals surface area contributed by atoms with E-state index in [9.17, 15) is 4.79 Å². The number of benzene rings is 1. The van der Waals surface area contributed by atoms with Gasteiger partial charge in [-0.2, -0.15) is 0 Å². The van der Waals surface area contributed by atoms with Crippen LogP contribution in [0.2, 0.25) is 0 Å². The predicted molar refractivity (Wildman–Crippen MR) is 107 cm³/mol. The zero-order valence-corrected chi connectivity index (χ0v) is 16.4. The summed E-state index contributed by atoms with van der Waals surface area (Å²) in [5.74, 6) is 0.0203. The molecule has 0 aromatic heterocycles. The maximum atomic E-state index is 12.3. The van der Waals surface area contributed by atoms with Crippen LogP contribution in [0.5, 0.6) is 0 Å². The van der Waals surface area contributed by atoms with Gasteiger partial charge < -0.3 is 20.1 Å². The number of carbonyl (C=O) groups is 1. The molecule has 2 aliphatic rings. The Morgan fingerprint density at radius 2 is 1.67 bits per heavy atom. The normalized spacial score (nSPS) is 24.8. The minimum atomic E-state index is 0.0203. The number of ether oxygens (including phenoxy) is 1. The summed E-state index contributed by atoms with van der Waals surface area (Å²) in [4.78, 5) is 19.0. The first kappa shape index (κ1) is 20.1. The molecule has 0 saturated carbocycles. The van der Waals surface area contributed by atoms with E-state index in [0.717, 1.165) is 50.6 Å². The topological polar surface area (TPSA) is 68.3 Å². The lowest BCUT2D eigenvalue weighted by molar-refractivity contribution is -0.117. The van der Waals surface area contributed by atoms with E-state index in [2.05, 4.69) is 46.0 Å². The molecule has 2 saturated heterocycles. The molecule has 2 aliphatic heterocycles. The van der Waals surface area contributed by atoms with Crippen molar-refractivity contribution in [2.75, 3.05) is 69.2 Å². The molecule has 1 amide bonds. The van der Waals surface area contributed by atoms with Crippen molar-refractivity contribution in [3.8, 4) is 0 Å². The number of aliphatic hydroxyl groups excluding tert-OH is 1. The second kappa shape index (κ2) is 9.50.